The molecule has 0 spiro atoms. The number of hydrogen-bond donors (Lipinski definition) is 2. The van der Waals surface area contributed by atoms with Gasteiger partial charge >= 0.3 is 6.03 Å². The Hall–Kier alpha value is -1.91. The van der Waals surface area contributed by atoms with Crippen molar-refractivity contribution >= 4 is 17.8 Å². The zero-order valence-corrected chi connectivity index (χ0v) is 9.79. The molecule has 0 bridgehead atoms. The van der Waals surface area contributed by atoms with E-state index in [2.05, 4.69) is 17.2 Å². The topological polar surface area (TPSA) is 75.3 Å². The third-order valence-corrected chi connectivity index (χ3v) is 2.68. The number of allylic oxidation sites excluding steroid dienone is 3. The number of carbonyl (C=O) groups excluding carboxylic acids is 3. The van der Waals surface area contributed by atoms with Gasteiger partial charge < -0.3 is 0 Å². The summed E-state index contributed by atoms with van der Waals surface area (Å²) in [6.07, 6.45) is 6.45. The number of urea groups is 1. The molecule has 2 N–H and O–H groups in total. The lowest BCUT2D eigenvalue weighted by molar-refractivity contribution is -0.144. The lowest BCUT2D eigenvalue weighted by Crippen LogP contribution is -2.62. The van der Waals surface area contributed by atoms with Gasteiger partial charge in [-0.05, 0) is 19.3 Å². The Bertz CT molecular complexity index is 365. The van der Waals surface area contributed by atoms with Crippen LogP contribution in [0.4, 0.5) is 4.79 Å². The van der Waals surface area contributed by atoms with Crippen LogP contribution < -0.4 is 10.6 Å². The van der Waals surface area contributed by atoms with Crippen molar-refractivity contribution in [3.8, 4) is 0 Å². The maximum atomic E-state index is 11.8. The van der Waals surface area contributed by atoms with Crippen LogP contribution in [0.25, 0.3) is 0 Å². The zero-order chi connectivity index (χ0) is 12.9. The molecule has 4 amide bonds. The molecule has 0 aliphatic carbocycles. The molecule has 1 heterocycles. The second kappa shape index (κ2) is 5.43. The van der Waals surface area contributed by atoms with Crippen molar-refractivity contribution in [2.45, 2.75) is 26.2 Å². The monoisotopic (exact) mass is 236 g/mol. The summed E-state index contributed by atoms with van der Waals surface area (Å²) in [5, 5.41) is 4.24. The predicted molar refractivity (Wildman–Crippen MR) is 63.0 cm³/mol. The first-order valence-corrected chi connectivity index (χ1v) is 5.49. The minimum atomic E-state index is -1.25. The molecule has 92 valence electrons. The van der Waals surface area contributed by atoms with E-state index in [1.54, 1.807) is 6.08 Å². The number of imide groups is 2. The molecule has 1 aliphatic rings. The Morgan fingerprint density at radius 1 is 1.12 bits per heavy atom. The normalized spacial score (nSPS) is 19.0. The first-order valence-electron chi connectivity index (χ1n) is 5.49. The van der Waals surface area contributed by atoms with Crippen molar-refractivity contribution in [2.75, 3.05) is 0 Å². The highest BCUT2D eigenvalue weighted by Crippen LogP contribution is 2.30. The summed E-state index contributed by atoms with van der Waals surface area (Å²) in [5.41, 5.74) is -1.25. The highest BCUT2D eigenvalue weighted by molar-refractivity contribution is 6.19. The average molecular weight is 236 g/mol. The molecule has 0 aromatic rings. The molecule has 0 aromatic heterocycles. The molecule has 0 saturated carbocycles. The van der Waals surface area contributed by atoms with Gasteiger partial charge in [-0.3, -0.25) is 20.2 Å². The number of barbiturate groups is 1. The fourth-order valence-electron chi connectivity index (χ4n) is 1.73. The number of amides is 4. The summed E-state index contributed by atoms with van der Waals surface area (Å²) in [5.74, 6) is -1.13. The van der Waals surface area contributed by atoms with Crippen LogP contribution in [0.15, 0.2) is 24.8 Å². The Kier molecular flexibility index (Phi) is 4.20. The first kappa shape index (κ1) is 13.2. The van der Waals surface area contributed by atoms with E-state index < -0.39 is 23.3 Å². The Morgan fingerprint density at radius 3 is 2.18 bits per heavy atom. The van der Waals surface area contributed by atoms with Crippen molar-refractivity contribution in [2.24, 2.45) is 5.41 Å². The van der Waals surface area contributed by atoms with E-state index in [0.29, 0.717) is 0 Å². The van der Waals surface area contributed by atoms with Gasteiger partial charge in [0.2, 0.25) is 11.8 Å². The Labute approximate surface area is 100.0 Å². The van der Waals surface area contributed by atoms with Crippen molar-refractivity contribution in [1.82, 2.24) is 10.6 Å². The number of carbonyl (C=O) groups is 3. The summed E-state index contributed by atoms with van der Waals surface area (Å²) in [6.45, 7) is 5.51. The predicted octanol–water partition coefficient (Wildman–Crippen LogP) is 1.27. The third kappa shape index (κ3) is 2.61. The van der Waals surface area contributed by atoms with Gasteiger partial charge in [-0.15, -0.1) is 6.58 Å². The van der Waals surface area contributed by atoms with Crippen LogP contribution >= 0.6 is 0 Å². The minimum Gasteiger partial charge on any atom is -0.277 e. The molecule has 17 heavy (non-hydrogen) atoms. The van der Waals surface area contributed by atoms with Crippen molar-refractivity contribution in [3.63, 3.8) is 0 Å². The molecule has 0 radical (unpaired) electrons. The molecular formula is C12H16N2O3. The third-order valence-electron chi connectivity index (χ3n) is 2.68. The van der Waals surface area contributed by atoms with Crippen molar-refractivity contribution < 1.29 is 14.4 Å². The average Bonchev–Trinajstić information content (AvgIpc) is 2.25. The summed E-state index contributed by atoms with van der Waals surface area (Å²) in [4.78, 5) is 34.7. The van der Waals surface area contributed by atoms with E-state index in [1.807, 2.05) is 13.0 Å². The van der Waals surface area contributed by atoms with Crippen molar-refractivity contribution in [1.29, 1.82) is 0 Å². The smallest absolute Gasteiger partial charge is 0.277 e. The van der Waals surface area contributed by atoms with Crippen molar-refractivity contribution in [3.05, 3.63) is 24.8 Å². The van der Waals surface area contributed by atoms with Gasteiger partial charge in [-0.25, -0.2) is 4.79 Å². The first-order chi connectivity index (χ1) is 8.06. The lowest BCUT2D eigenvalue weighted by Gasteiger charge is -2.32. The van der Waals surface area contributed by atoms with Crippen LogP contribution in [0, 0.1) is 5.41 Å². The fourth-order valence-corrected chi connectivity index (χ4v) is 1.73. The molecule has 1 fully saturated rings. The zero-order valence-electron chi connectivity index (χ0n) is 9.79. The van der Waals surface area contributed by atoms with Gasteiger partial charge in [0.1, 0.15) is 5.41 Å². The number of rotatable bonds is 5. The summed E-state index contributed by atoms with van der Waals surface area (Å²) < 4.78 is 0. The van der Waals surface area contributed by atoms with Crippen LogP contribution in [-0.2, 0) is 9.59 Å². The Balaban J connectivity index is 2.99. The van der Waals surface area contributed by atoms with E-state index in [0.717, 1.165) is 6.42 Å². The fraction of sp³-hybridized carbons (Fsp3) is 0.417. The number of nitrogens with one attached hydrogen (secondary N) is 2. The second-order valence-corrected chi connectivity index (χ2v) is 3.90. The van der Waals surface area contributed by atoms with Gasteiger partial charge in [0, 0.05) is 0 Å². The Morgan fingerprint density at radius 2 is 1.71 bits per heavy atom. The lowest BCUT2D eigenvalue weighted by atomic mass is 9.78. The van der Waals surface area contributed by atoms with Gasteiger partial charge in [0.15, 0.2) is 0 Å². The maximum Gasteiger partial charge on any atom is 0.328 e. The highest BCUT2D eigenvalue weighted by Gasteiger charge is 2.48. The molecule has 5 heteroatoms. The van der Waals surface area contributed by atoms with Crippen LogP contribution in [0.5, 0.6) is 0 Å². The van der Waals surface area contributed by atoms with Crippen LogP contribution in [0.3, 0.4) is 0 Å². The van der Waals surface area contributed by atoms with Gasteiger partial charge in [-0.2, -0.15) is 0 Å². The van der Waals surface area contributed by atoms with Gasteiger partial charge in [0.25, 0.3) is 0 Å². The molecule has 1 saturated heterocycles. The largest absolute Gasteiger partial charge is 0.328 e. The molecule has 0 atom stereocenters. The van der Waals surface area contributed by atoms with E-state index in [4.69, 9.17) is 0 Å². The van der Waals surface area contributed by atoms with Gasteiger partial charge in [-0.1, -0.05) is 25.2 Å². The molecule has 1 aliphatic heterocycles. The standard InChI is InChI=1S/C12H16N2O3/c1-3-5-6-8-12(7-4-2)9(15)13-11(17)14-10(12)16/h4-6H,2-3,7-8H2,1H3,(H2,13,14,15,16,17). The molecule has 5 nitrogen and oxygen atoms in total. The molecule has 1 rings (SSSR count). The SMILES string of the molecule is C=CCC1(CC=CCC)C(=O)NC(=O)NC1=O. The summed E-state index contributed by atoms with van der Waals surface area (Å²) in [7, 11) is 0. The van der Waals surface area contributed by atoms with E-state index in [-0.39, 0.29) is 12.8 Å². The molecule has 0 aromatic carbocycles. The summed E-state index contributed by atoms with van der Waals surface area (Å²) in [6, 6.07) is -0.765. The van der Waals surface area contributed by atoms with E-state index in [1.165, 1.54) is 6.08 Å². The van der Waals surface area contributed by atoms with Crippen LogP contribution in [0.1, 0.15) is 26.2 Å². The van der Waals surface area contributed by atoms with Crippen LogP contribution in [-0.4, -0.2) is 17.8 Å². The van der Waals surface area contributed by atoms with Crippen LogP contribution in [0.2, 0.25) is 0 Å². The minimum absolute atomic E-state index is 0.200. The highest BCUT2D eigenvalue weighted by atomic mass is 16.2. The van der Waals surface area contributed by atoms with E-state index in [9.17, 15) is 14.4 Å². The van der Waals surface area contributed by atoms with E-state index >= 15 is 0 Å². The second-order valence-electron chi connectivity index (χ2n) is 3.90. The molecule has 0 unspecified atom stereocenters. The quantitative estimate of drug-likeness (QED) is 0.557. The maximum absolute atomic E-state index is 11.8. The summed E-state index contributed by atoms with van der Waals surface area (Å²) >= 11 is 0. The molecular weight excluding hydrogens is 220 g/mol. The van der Waals surface area contributed by atoms with Gasteiger partial charge in [0.05, 0.1) is 0 Å². The number of hydrogen-bond acceptors (Lipinski definition) is 3.